The Balaban J connectivity index is 3.49. The Labute approximate surface area is 102 Å². The Morgan fingerprint density at radius 3 is 2.25 bits per heavy atom. The summed E-state index contributed by atoms with van der Waals surface area (Å²) in [6, 6.07) is 0.838. The molecule has 0 radical (unpaired) electrons. The summed E-state index contributed by atoms with van der Waals surface area (Å²) in [6.07, 6.45) is 15.8. The molecule has 0 aromatic heterocycles. The van der Waals surface area contributed by atoms with E-state index in [1.165, 1.54) is 38.5 Å². The molecular weight excluding hydrogens is 194 g/mol. The fourth-order valence-electron chi connectivity index (χ4n) is 1.98. The molecule has 2 atom stereocenters. The van der Waals surface area contributed by atoms with Crippen LogP contribution in [0.2, 0.25) is 0 Å². The van der Waals surface area contributed by atoms with Crippen molar-refractivity contribution in [1.82, 2.24) is 5.32 Å². The Kier molecular flexibility index (Phi) is 10.7. The van der Waals surface area contributed by atoms with Crippen LogP contribution in [0.4, 0.5) is 0 Å². The maximum absolute atomic E-state index is 5.49. The summed E-state index contributed by atoms with van der Waals surface area (Å²) in [6.45, 7) is 6.69. The minimum absolute atomic E-state index is 0.274. The predicted molar refractivity (Wildman–Crippen MR) is 73.5 cm³/mol. The second-order valence-corrected chi connectivity index (χ2v) is 4.78. The Morgan fingerprint density at radius 2 is 1.69 bits per heavy atom. The lowest BCUT2D eigenvalue weighted by Gasteiger charge is -2.18. The predicted octanol–water partition coefficient (Wildman–Crippen LogP) is 4.13. The molecule has 1 nitrogen and oxygen atoms in total. The van der Waals surface area contributed by atoms with Gasteiger partial charge in [0.15, 0.2) is 0 Å². The van der Waals surface area contributed by atoms with Gasteiger partial charge < -0.3 is 5.32 Å². The summed E-state index contributed by atoms with van der Waals surface area (Å²) in [5, 5.41) is 3.52. The minimum Gasteiger partial charge on any atom is -0.301 e. The lowest BCUT2D eigenvalue weighted by Crippen LogP contribution is -2.35. The molecule has 0 fully saturated rings. The maximum Gasteiger partial charge on any atom is 0.0688 e. The van der Waals surface area contributed by atoms with Gasteiger partial charge in [-0.2, -0.15) is 0 Å². The molecule has 2 unspecified atom stereocenters. The van der Waals surface area contributed by atoms with Crippen LogP contribution in [0, 0.1) is 12.3 Å². The standard InChI is InChI=1S/C15H29N/c1-5-8-9-10-11-13-14(4)16-15(7-3)12-6-2/h3,14-16H,5-6,8-13H2,1-2,4H3. The fourth-order valence-corrected chi connectivity index (χ4v) is 1.98. The van der Waals surface area contributed by atoms with Crippen LogP contribution >= 0.6 is 0 Å². The van der Waals surface area contributed by atoms with Gasteiger partial charge in [-0.25, -0.2) is 0 Å². The molecule has 0 rings (SSSR count). The third-order valence-corrected chi connectivity index (χ3v) is 3.00. The van der Waals surface area contributed by atoms with Crippen molar-refractivity contribution in [3.8, 4) is 12.3 Å². The number of rotatable bonds is 10. The average Bonchev–Trinajstić information content (AvgIpc) is 2.28. The van der Waals surface area contributed by atoms with E-state index >= 15 is 0 Å². The van der Waals surface area contributed by atoms with Crippen molar-refractivity contribution < 1.29 is 0 Å². The number of unbranched alkanes of at least 4 members (excludes halogenated alkanes) is 4. The molecule has 0 heterocycles. The zero-order valence-electron chi connectivity index (χ0n) is 11.4. The highest BCUT2D eigenvalue weighted by molar-refractivity contribution is 4.99. The van der Waals surface area contributed by atoms with Gasteiger partial charge in [0.25, 0.3) is 0 Å². The van der Waals surface area contributed by atoms with Crippen molar-refractivity contribution in [2.75, 3.05) is 0 Å². The van der Waals surface area contributed by atoms with Crippen LogP contribution in [-0.2, 0) is 0 Å². The number of hydrogen-bond acceptors (Lipinski definition) is 1. The molecule has 1 N–H and O–H groups in total. The largest absolute Gasteiger partial charge is 0.301 e. The fraction of sp³-hybridized carbons (Fsp3) is 0.867. The summed E-state index contributed by atoms with van der Waals surface area (Å²) in [7, 11) is 0. The summed E-state index contributed by atoms with van der Waals surface area (Å²) < 4.78 is 0. The first kappa shape index (κ1) is 15.5. The van der Waals surface area contributed by atoms with Crippen LogP contribution in [-0.4, -0.2) is 12.1 Å². The molecule has 94 valence electrons. The Morgan fingerprint density at radius 1 is 1.00 bits per heavy atom. The van der Waals surface area contributed by atoms with E-state index in [0.717, 1.165) is 12.8 Å². The molecule has 0 amide bonds. The van der Waals surface area contributed by atoms with Gasteiger partial charge in [0, 0.05) is 6.04 Å². The molecule has 0 saturated carbocycles. The van der Waals surface area contributed by atoms with Gasteiger partial charge >= 0.3 is 0 Å². The molecule has 0 aliphatic heterocycles. The van der Waals surface area contributed by atoms with Crippen LogP contribution in [0.3, 0.4) is 0 Å². The second-order valence-electron chi connectivity index (χ2n) is 4.78. The molecule has 1 heteroatoms. The first-order chi connectivity index (χ1) is 7.74. The first-order valence-electron chi connectivity index (χ1n) is 6.96. The summed E-state index contributed by atoms with van der Waals surface area (Å²) in [4.78, 5) is 0. The third-order valence-electron chi connectivity index (χ3n) is 3.00. The van der Waals surface area contributed by atoms with E-state index in [-0.39, 0.29) is 6.04 Å². The number of hydrogen-bond donors (Lipinski definition) is 1. The van der Waals surface area contributed by atoms with E-state index < -0.39 is 0 Å². The van der Waals surface area contributed by atoms with Gasteiger partial charge in [0.05, 0.1) is 6.04 Å². The van der Waals surface area contributed by atoms with Crippen molar-refractivity contribution in [2.24, 2.45) is 0 Å². The normalized spacial score (nSPS) is 14.4. The van der Waals surface area contributed by atoms with Crippen LogP contribution in [0.5, 0.6) is 0 Å². The molecule has 0 aliphatic rings. The molecule has 0 aliphatic carbocycles. The lowest BCUT2D eigenvalue weighted by atomic mass is 10.1. The number of terminal acetylenes is 1. The van der Waals surface area contributed by atoms with Crippen LogP contribution in [0.25, 0.3) is 0 Å². The lowest BCUT2D eigenvalue weighted by molar-refractivity contribution is 0.440. The van der Waals surface area contributed by atoms with E-state index in [4.69, 9.17) is 6.42 Å². The van der Waals surface area contributed by atoms with Crippen LogP contribution in [0.15, 0.2) is 0 Å². The monoisotopic (exact) mass is 223 g/mol. The smallest absolute Gasteiger partial charge is 0.0688 e. The zero-order valence-corrected chi connectivity index (χ0v) is 11.4. The summed E-state index contributed by atoms with van der Waals surface area (Å²) >= 11 is 0. The van der Waals surface area contributed by atoms with Crippen molar-refractivity contribution >= 4 is 0 Å². The van der Waals surface area contributed by atoms with E-state index in [1.807, 2.05) is 0 Å². The van der Waals surface area contributed by atoms with Crippen molar-refractivity contribution in [1.29, 1.82) is 0 Å². The highest BCUT2D eigenvalue weighted by Crippen LogP contribution is 2.08. The van der Waals surface area contributed by atoms with E-state index in [9.17, 15) is 0 Å². The van der Waals surface area contributed by atoms with Crippen molar-refractivity contribution in [2.45, 2.75) is 84.2 Å². The van der Waals surface area contributed by atoms with Crippen molar-refractivity contribution in [3.05, 3.63) is 0 Å². The van der Waals surface area contributed by atoms with Crippen LogP contribution < -0.4 is 5.32 Å². The average molecular weight is 223 g/mol. The molecule has 0 aromatic carbocycles. The molecular formula is C15H29N. The first-order valence-corrected chi connectivity index (χ1v) is 6.96. The Hall–Kier alpha value is -0.480. The van der Waals surface area contributed by atoms with E-state index in [0.29, 0.717) is 6.04 Å². The topological polar surface area (TPSA) is 12.0 Å². The quantitative estimate of drug-likeness (QED) is 0.434. The van der Waals surface area contributed by atoms with Gasteiger partial charge in [-0.15, -0.1) is 6.42 Å². The summed E-state index contributed by atoms with van der Waals surface area (Å²) in [5.74, 6) is 2.83. The summed E-state index contributed by atoms with van der Waals surface area (Å²) in [5.41, 5.74) is 0. The third kappa shape index (κ3) is 8.80. The number of nitrogens with one attached hydrogen (secondary N) is 1. The van der Waals surface area contributed by atoms with Crippen LogP contribution in [0.1, 0.15) is 72.1 Å². The molecule has 0 spiro atoms. The highest BCUT2D eigenvalue weighted by Gasteiger charge is 2.07. The molecule has 0 saturated heterocycles. The Bertz CT molecular complexity index is 180. The maximum atomic E-state index is 5.49. The van der Waals surface area contributed by atoms with E-state index in [2.05, 4.69) is 32.0 Å². The molecule has 0 bridgehead atoms. The molecule has 0 aromatic rings. The van der Waals surface area contributed by atoms with E-state index in [1.54, 1.807) is 0 Å². The van der Waals surface area contributed by atoms with Gasteiger partial charge in [0.2, 0.25) is 0 Å². The van der Waals surface area contributed by atoms with Gasteiger partial charge in [-0.05, 0) is 19.8 Å². The van der Waals surface area contributed by atoms with Crippen molar-refractivity contribution in [3.63, 3.8) is 0 Å². The second kappa shape index (κ2) is 11.0. The van der Waals surface area contributed by atoms with Gasteiger partial charge in [-0.1, -0.05) is 58.3 Å². The SMILES string of the molecule is C#CC(CCC)NC(C)CCCCCCC. The minimum atomic E-state index is 0.274. The highest BCUT2D eigenvalue weighted by atomic mass is 14.9. The zero-order chi connectivity index (χ0) is 12.2. The molecule has 16 heavy (non-hydrogen) atoms. The van der Waals surface area contributed by atoms with Gasteiger partial charge in [0.1, 0.15) is 0 Å². The van der Waals surface area contributed by atoms with Gasteiger partial charge in [-0.3, -0.25) is 0 Å².